The minimum Gasteiger partial charge on any atom is -0.336 e. The lowest BCUT2D eigenvalue weighted by atomic mass is 10.1. The molecule has 0 bridgehead atoms. The van der Waals surface area contributed by atoms with E-state index in [0.717, 1.165) is 28.4 Å². The van der Waals surface area contributed by atoms with Crippen LogP contribution in [-0.2, 0) is 16.6 Å². The minimum absolute atomic E-state index is 0.0384. The molecule has 4 heterocycles. The van der Waals surface area contributed by atoms with Crippen LogP contribution in [0.3, 0.4) is 0 Å². The van der Waals surface area contributed by atoms with Crippen molar-refractivity contribution in [1.82, 2.24) is 34.9 Å². The molecule has 2 aromatic carbocycles. The molecular weight excluding hydrogens is 493 g/mol. The van der Waals surface area contributed by atoms with Gasteiger partial charge in [0.05, 0.1) is 28.7 Å². The van der Waals surface area contributed by atoms with Crippen molar-refractivity contribution < 1.29 is 12.8 Å². The number of benzene rings is 2. The van der Waals surface area contributed by atoms with Gasteiger partial charge in [-0.3, -0.25) is 15.1 Å². The van der Waals surface area contributed by atoms with Crippen LogP contribution in [0.4, 0.5) is 4.39 Å². The monoisotopic (exact) mass is 513 g/mol. The van der Waals surface area contributed by atoms with Crippen LogP contribution in [0, 0.1) is 5.82 Å². The summed E-state index contributed by atoms with van der Waals surface area (Å²) in [5, 5.41) is 8.41. The molecular formula is C26H20FN7O2S. The number of fused-ring (bicyclic) bond motifs is 2. The lowest BCUT2D eigenvalue weighted by Gasteiger charge is -2.07. The Hall–Kier alpha value is -4.48. The van der Waals surface area contributed by atoms with Gasteiger partial charge >= 0.3 is 0 Å². The Bertz CT molecular complexity index is 1880. The van der Waals surface area contributed by atoms with E-state index >= 15 is 0 Å². The lowest BCUT2D eigenvalue weighted by Crippen LogP contribution is -2.21. The van der Waals surface area contributed by atoms with Gasteiger partial charge in [-0.1, -0.05) is 12.1 Å². The molecule has 0 unspecified atom stereocenters. The number of halogens is 1. The molecule has 11 heteroatoms. The van der Waals surface area contributed by atoms with Gasteiger partial charge < -0.3 is 4.98 Å². The second kappa shape index (κ2) is 8.87. The summed E-state index contributed by atoms with van der Waals surface area (Å²) >= 11 is 0. The Labute approximate surface area is 210 Å². The maximum Gasteiger partial charge on any atom is 0.209 e. The molecule has 184 valence electrons. The number of hydrogen-bond donors (Lipinski definition) is 3. The van der Waals surface area contributed by atoms with E-state index in [1.807, 2.05) is 36.4 Å². The van der Waals surface area contributed by atoms with E-state index < -0.39 is 15.8 Å². The third-order valence-electron chi connectivity index (χ3n) is 5.92. The number of hydrogen-bond acceptors (Lipinski definition) is 6. The summed E-state index contributed by atoms with van der Waals surface area (Å²) in [5.41, 5.74) is 5.94. The predicted molar refractivity (Wildman–Crippen MR) is 139 cm³/mol. The SMILES string of the molecule is CS(=O)(=O)NCc1cc(F)cc(-c2nccc3[nH]c(-c4n[nH]c5ccc(-c6ccccn6)cc45)nc23)c1. The largest absolute Gasteiger partial charge is 0.336 e. The Morgan fingerprint density at radius 2 is 1.81 bits per heavy atom. The number of H-pyrrole nitrogens is 2. The van der Waals surface area contributed by atoms with Crippen LogP contribution < -0.4 is 4.72 Å². The molecule has 0 radical (unpaired) electrons. The summed E-state index contributed by atoms with van der Waals surface area (Å²) in [6.07, 6.45) is 4.41. The molecule has 0 aliphatic carbocycles. The van der Waals surface area contributed by atoms with Gasteiger partial charge in [-0.15, -0.1) is 0 Å². The van der Waals surface area contributed by atoms with Crippen molar-refractivity contribution in [3.63, 3.8) is 0 Å². The van der Waals surface area contributed by atoms with E-state index in [0.29, 0.717) is 39.4 Å². The molecule has 0 amide bonds. The first-order valence-corrected chi connectivity index (χ1v) is 13.2. The smallest absolute Gasteiger partial charge is 0.209 e. The molecule has 3 N–H and O–H groups in total. The highest BCUT2D eigenvalue weighted by atomic mass is 32.2. The number of rotatable bonds is 6. The number of imidazole rings is 1. The van der Waals surface area contributed by atoms with Gasteiger partial charge in [0.2, 0.25) is 10.0 Å². The molecule has 0 spiro atoms. The maximum absolute atomic E-state index is 14.5. The predicted octanol–water partition coefficient (Wildman–Crippen LogP) is 4.42. The number of aromatic nitrogens is 6. The highest BCUT2D eigenvalue weighted by molar-refractivity contribution is 7.88. The zero-order chi connectivity index (χ0) is 25.6. The molecule has 6 aromatic rings. The lowest BCUT2D eigenvalue weighted by molar-refractivity contribution is 0.586. The van der Waals surface area contributed by atoms with Gasteiger partial charge in [-0.25, -0.2) is 22.5 Å². The van der Waals surface area contributed by atoms with E-state index in [2.05, 4.69) is 29.9 Å². The van der Waals surface area contributed by atoms with Crippen LogP contribution in [0.1, 0.15) is 5.56 Å². The summed E-state index contributed by atoms with van der Waals surface area (Å²) in [4.78, 5) is 17.0. The Kier molecular flexibility index (Phi) is 5.50. The van der Waals surface area contributed by atoms with Crippen molar-refractivity contribution in [2.45, 2.75) is 6.54 Å². The quantitative estimate of drug-likeness (QED) is 0.302. The molecule has 0 fully saturated rings. The second-order valence-corrected chi connectivity index (χ2v) is 10.5. The van der Waals surface area contributed by atoms with Crippen molar-refractivity contribution in [2.75, 3.05) is 6.26 Å². The summed E-state index contributed by atoms with van der Waals surface area (Å²) in [7, 11) is -3.43. The van der Waals surface area contributed by atoms with Gasteiger partial charge in [0.15, 0.2) is 5.82 Å². The average molecular weight is 514 g/mol. The van der Waals surface area contributed by atoms with Gasteiger partial charge in [-0.2, -0.15) is 5.10 Å². The fraction of sp³-hybridized carbons (Fsp3) is 0.0769. The van der Waals surface area contributed by atoms with Crippen molar-refractivity contribution in [3.05, 3.63) is 84.4 Å². The average Bonchev–Trinajstić information content (AvgIpc) is 3.51. The standard InChI is InChI=1S/C26H20FN7O2S/c1-37(35,36)30-14-15-10-17(12-18(27)11-15)23-25-22(7-9-29-23)31-26(32-25)24-19-13-16(5-6-21(19)33-34-24)20-4-2-3-8-28-20/h2-13,30H,14H2,1H3,(H,31,32)(H,33,34). The zero-order valence-corrected chi connectivity index (χ0v) is 20.3. The summed E-state index contributed by atoms with van der Waals surface area (Å²) in [6.45, 7) is -0.0384. The Morgan fingerprint density at radius 1 is 0.919 bits per heavy atom. The van der Waals surface area contributed by atoms with Gasteiger partial charge in [0.1, 0.15) is 17.0 Å². The van der Waals surface area contributed by atoms with Crippen molar-refractivity contribution in [2.24, 2.45) is 0 Å². The van der Waals surface area contributed by atoms with E-state index in [1.54, 1.807) is 24.5 Å². The Morgan fingerprint density at radius 3 is 2.62 bits per heavy atom. The number of nitrogens with one attached hydrogen (secondary N) is 3. The van der Waals surface area contributed by atoms with Crippen LogP contribution in [0.15, 0.2) is 73.1 Å². The fourth-order valence-corrected chi connectivity index (χ4v) is 4.68. The van der Waals surface area contributed by atoms with Crippen molar-refractivity contribution >= 4 is 32.0 Å². The van der Waals surface area contributed by atoms with Crippen LogP contribution in [0.2, 0.25) is 0 Å². The molecule has 0 aliphatic rings. The second-order valence-electron chi connectivity index (χ2n) is 8.63. The van der Waals surface area contributed by atoms with E-state index in [4.69, 9.17) is 4.98 Å². The third kappa shape index (κ3) is 4.57. The Balaban J connectivity index is 1.44. The number of pyridine rings is 2. The minimum atomic E-state index is -3.43. The molecule has 0 saturated carbocycles. The zero-order valence-electron chi connectivity index (χ0n) is 19.5. The molecule has 9 nitrogen and oxygen atoms in total. The molecule has 0 saturated heterocycles. The molecule has 4 aromatic heterocycles. The van der Waals surface area contributed by atoms with Crippen molar-refractivity contribution in [1.29, 1.82) is 0 Å². The number of aromatic amines is 2. The van der Waals surface area contributed by atoms with Crippen molar-refractivity contribution in [3.8, 4) is 34.0 Å². The van der Waals surface area contributed by atoms with Gasteiger partial charge in [0, 0.05) is 35.5 Å². The fourth-order valence-electron chi connectivity index (χ4n) is 4.25. The first-order chi connectivity index (χ1) is 17.8. The van der Waals surface area contributed by atoms with Crippen LogP contribution in [0.5, 0.6) is 0 Å². The summed E-state index contributed by atoms with van der Waals surface area (Å²) in [6, 6.07) is 17.8. The topological polar surface area (TPSA) is 129 Å². The van der Waals surface area contributed by atoms with E-state index in [-0.39, 0.29) is 6.54 Å². The highest BCUT2D eigenvalue weighted by Crippen LogP contribution is 2.32. The van der Waals surface area contributed by atoms with Crippen LogP contribution in [-0.4, -0.2) is 44.8 Å². The third-order valence-corrected chi connectivity index (χ3v) is 6.59. The number of nitrogens with zero attached hydrogens (tertiary/aromatic N) is 4. The van der Waals surface area contributed by atoms with E-state index in [9.17, 15) is 12.8 Å². The molecule has 6 rings (SSSR count). The summed E-state index contributed by atoms with van der Waals surface area (Å²) in [5.74, 6) is 0.0294. The van der Waals surface area contributed by atoms with Gasteiger partial charge in [-0.05, 0) is 54.1 Å². The number of sulfonamides is 1. The molecule has 0 atom stereocenters. The van der Waals surface area contributed by atoms with E-state index in [1.165, 1.54) is 12.1 Å². The van der Waals surface area contributed by atoms with Gasteiger partial charge in [0.25, 0.3) is 0 Å². The van der Waals surface area contributed by atoms with Crippen LogP contribution >= 0.6 is 0 Å². The highest BCUT2D eigenvalue weighted by Gasteiger charge is 2.17. The summed E-state index contributed by atoms with van der Waals surface area (Å²) < 4.78 is 39.8. The maximum atomic E-state index is 14.5. The first kappa shape index (κ1) is 23.0. The first-order valence-electron chi connectivity index (χ1n) is 11.3. The molecule has 37 heavy (non-hydrogen) atoms. The van der Waals surface area contributed by atoms with Crippen LogP contribution in [0.25, 0.3) is 56.0 Å². The normalized spacial score (nSPS) is 11.9. The molecule has 0 aliphatic heterocycles.